The highest BCUT2D eigenvalue weighted by Gasteiger charge is 2.29. The lowest BCUT2D eigenvalue weighted by atomic mass is 10.0. The molecule has 3 aromatic heterocycles. The minimum Gasteiger partial charge on any atom is -0.473 e. The number of nitrogens with zero attached hydrogens (tertiary/aromatic N) is 6. The summed E-state index contributed by atoms with van der Waals surface area (Å²) in [5, 5.41) is 21.0. The van der Waals surface area contributed by atoms with Gasteiger partial charge in [0.05, 0.1) is 58.8 Å². The summed E-state index contributed by atoms with van der Waals surface area (Å²) >= 11 is 0. The van der Waals surface area contributed by atoms with E-state index in [4.69, 9.17) is 24.7 Å². The number of carbonyl (C=O) groups excluding carboxylic acids is 1. The van der Waals surface area contributed by atoms with Gasteiger partial charge >= 0.3 is 0 Å². The van der Waals surface area contributed by atoms with Gasteiger partial charge in [0.2, 0.25) is 5.88 Å². The molecule has 1 atom stereocenters. The molecule has 11 nitrogen and oxygen atoms in total. The molecule has 12 heteroatoms. The van der Waals surface area contributed by atoms with E-state index < -0.39 is 5.82 Å². The topological polar surface area (TPSA) is 134 Å². The first-order chi connectivity index (χ1) is 26.4. The molecular weight excluding hydrogens is 684 g/mol. The average molecular weight is 723 g/mol. The summed E-state index contributed by atoms with van der Waals surface area (Å²) in [4.78, 5) is 25.7. The van der Waals surface area contributed by atoms with Gasteiger partial charge in [-0.15, -0.1) is 0 Å². The summed E-state index contributed by atoms with van der Waals surface area (Å²) in [6.07, 6.45) is 6.45. The van der Waals surface area contributed by atoms with Crippen molar-refractivity contribution in [1.82, 2.24) is 29.6 Å². The first-order valence-electron chi connectivity index (χ1n) is 18.5. The lowest BCUT2D eigenvalue weighted by Crippen LogP contribution is -2.33. The summed E-state index contributed by atoms with van der Waals surface area (Å²) in [6.45, 7) is 5.72. The Bertz CT molecular complexity index is 2490. The van der Waals surface area contributed by atoms with E-state index in [2.05, 4.69) is 31.1 Å². The summed E-state index contributed by atoms with van der Waals surface area (Å²) < 4.78 is 28.3. The van der Waals surface area contributed by atoms with E-state index in [0.29, 0.717) is 36.0 Å². The van der Waals surface area contributed by atoms with Crippen molar-refractivity contribution < 1.29 is 18.7 Å². The highest BCUT2D eigenvalue weighted by molar-refractivity contribution is 6.07. The molecule has 3 aliphatic rings. The van der Waals surface area contributed by atoms with Crippen molar-refractivity contribution in [2.24, 2.45) is 0 Å². The second kappa shape index (κ2) is 14.2. The Hall–Kier alpha value is -5.90. The van der Waals surface area contributed by atoms with Crippen molar-refractivity contribution >= 4 is 39.1 Å². The second-order valence-electron chi connectivity index (χ2n) is 14.5. The van der Waals surface area contributed by atoms with Crippen LogP contribution in [0.1, 0.15) is 75.9 Å². The third-order valence-corrected chi connectivity index (χ3v) is 10.7. The van der Waals surface area contributed by atoms with Crippen molar-refractivity contribution in [3.63, 3.8) is 0 Å². The fourth-order valence-electron chi connectivity index (χ4n) is 7.38. The molecule has 1 saturated heterocycles. The molecule has 0 bridgehead atoms. The number of benzene rings is 3. The number of hydrogen-bond donors (Lipinski definition) is 2. The number of hydrogen-bond acceptors (Lipinski definition) is 8. The van der Waals surface area contributed by atoms with E-state index in [1.807, 2.05) is 55.5 Å². The number of aryl methyl sites for hydroxylation is 1. The van der Waals surface area contributed by atoms with E-state index in [9.17, 15) is 9.18 Å². The highest BCUT2D eigenvalue weighted by atomic mass is 19.1. The number of rotatable bonds is 11. The molecule has 54 heavy (non-hydrogen) atoms. The fraction of sp³-hybridized carbons (Fsp3) is 0.310. The van der Waals surface area contributed by atoms with Crippen LogP contribution in [-0.4, -0.2) is 61.3 Å². The number of fused-ring (bicyclic) bond motifs is 2. The smallest absolute Gasteiger partial charge is 0.255 e. The minimum atomic E-state index is -0.475. The number of carbonyl (C=O) groups is 1. The number of pyridine rings is 1. The van der Waals surface area contributed by atoms with Gasteiger partial charge in [-0.1, -0.05) is 18.2 Å². The molecule has 0 unspecified atom stereocenters. The first kappa shape index (κ1) is 33.9. The minimum absolute atomic E-state index is 0.0168. The molecule has 2 aliphatic heterocycles. The van der Waals surface area contributed by atoms with Gasteiger partial charge in [0.1, 0.15) is 18.2 Å². The van der Waals surface area contributed by atoms with Gasteiger partial charge in [-0.05, 0) is 92.3 Å². The Morgan fingerprint density at radius 3 is 2.76 bits per heavy atom. The quantitative estimate of drug-likeness (QED) is 0.141. The van der Waals surface area contributed by atoms with Crippen LogP contribution in [0.15, 0.2) is 72.8 Å². The number of amides is 1. The van der Waals surface area contributed by atoms with E-state index in [-0.39, 0.29) is 24.2 Å². The van der Waals surface area contributed by atoms with Crippen LogP contribution in [0.3, 0.4) is 0 Å². The van der Waals surface area contributed by atoms with E-state index in [1.54, 1.807) is 18.2 Å². The molecule has 6 aromatic rings. The maximum atomic E-state index is 14.4. The number of aromatic nitrogens is 5. The SMILES string of the molecule is Cc1cc(NC(=O)c2ccc3c(c2)nc(CN2CC=C(c4cccc(OCc5ccc(C#N)cc5F)n4)CC2)n3C[C@@H]2CCO2)cc2c(C3CC3)n[nH]c12. The number of imidazole rings is 1. The van der Waals surface area contributed by atoms with Gasteiger partial charge in [-0.25, -0.2) is 14.4 Å². The van der Waals surface area contributed by atoms with Crippen LogP contribution in [0.2, 0.25) is 0 Å². The summed E-state index contributed by atoms with van der Waals surface area (Å²) in [5.41, 5.74) is 8.82. The highest BCUT2D eigenvalue weighted by Crippen LogP contribution is 2.43. The normalized spacial score (nSPS) is 17.3. The molecule has 0 radical (unpaired) electrons. The van der Waals surface area contributed by atoms with E-state index in [0.717, 1.165) is 101 Å². The zero-order valence-electron chi connectivity index (χ0n) is 29.9. The Kier molecular flexibility index (Phi) is 8.89. The van der Waals surface area contributed by atoms with Crippen LogP contribution in [0.5, 0.6) is 5.88 Å². The number of ether oxygens (including phenoxy) is 2. The van der Waals surface area contributed by atoms with Gasteiger partial charge in [-0.2, -0.15) is 10.4 Å². The van der Waals surface area contributed by atoms with E-state index in [1.165, 1.54) is 6.07 Å². The van der Waals surface area contributed by atoms with Crippen LogP contribution in [-0.2, 0) is 24.4 Å². The van der Waals surface area contributed by atoms with Gasteiger partial charge in [-0.3, -0.25) is 14.8 Å². The Balaban J connectivity index is 0.896. The lowest BCUT2D eigenvalue weighted by Gasteiger charge is -2.29. The molecule has 0 spiro atoms. The molecule has 1 aliphatic carbocycles. The van der Waals surface area contributed by atoms with Crippen LogP contribution < -0.4 is 10.1 Å². The number of anilines is 1. The third kappa shape index (κ3) is 6.84. The third-order valence-electron chi connectivity index (χ3n) is 10.7. The average Bonchev–Trinajstić information content (AvgIpc) is 3.83. The number of halogens is 1. The number of H-pyrrole nitrogens is 1. The zero-order chi connectivity index (χ0) is 36.8. The second-order valence-corrected chi connectivity index (χ2v) is 14.5. The molecular formula is C42H39FN8O3. The maximum absolute atomic E-state index is 14.4. The maximum Gasteiger partial charge on any atom is 0.255 e. The van der Waals surface area contributed by atoms with Crippen molar-refractivity contribution in [1.29, 1.82) is 5.26 Å². The largest absolute Gasteiger partial charge is 0.473 e. The van der Waals surface area contributed by atoms with Crippen molar-refractivity contribution in [3.05, 3.63) is 118 Å². The van der Waals surface area contributed by atoms with Gasteiger partial charge in [0.25, 0.3) is 5.91 Å². The molecule has 9 rings (SSSR count). The van der Waals surface area contributed by atoms with Gasteiger partial charge in [0.15, 0.2) is 0 Å². The van der Waals surface area contributed by atoms with Gasteiger partial charge < -0.3 is 19.4 Å². The Labute approximate surface area is 311 Å². The summed E-state index contributed by atoms with van der Waals surface area (Å²) in [6, 6.07) is 21.7. The van der Waals surface area contributed by atoms with Crippen molar-refractivity contribution in [2.45, 2.75) is 64.3 Å². The monoisotopic (exact) mass is 722 g/mol. The number of nitriles is 1. The van der Waals surface area contributed by atoms with E-state index >= 15 is 0 Å². The first-order valence-corrected chi connectivity index (χ1v) is 18.5. The van der Waals surface area contributed by atoms with Gasteiger partial charge in [0, 0.05) is 53.9 Å². The molecule has 1 saturated carbocycles. The van der Waals surface area contributed by atoms with Crippen molar-refractivity contribution in [3.8, 4) is 11.9 Å². The fourth-order valence-corrected chi connectivity index (χ4v) is 7.38. The standard InChI is InChI=1S/C42H39FN8O3/c1-25-17-31(20-33-40(25)48-49-41(33)28-7-8-28)45-42(52)29-9-10-37-36(19-29)46-38(51(37)22-32-13-16-53-32)23-50-14-11-27(12-15-50)35-3-2-4-39(47-35)54-24-30-6-5-26(21-44)18-34(30)43/h2-6,9-11,17-20,28,32H,7-8,12-16,22-24H2,1H3,(H,45,52)(H,48,49)/t32-/m0/s1. The molecule has 1 amide bonds. The molecule has 3 aromatic carbocycles. The molecule has 2 N–H and O–H groups in total. The molecule has 2 fully saturated rings. The number of nitrogens with one attached hydrogen (secondary N) is 2. The molecule has 5 heterocycles. The predicted molar refractivity (Wildman–Crippen MR) is 202 cm³/mol. The predicted octanol–water partition coefficient (Wildman–Crippen LogP) is 7.41. The summed E-state index contributed by atoms with van der Waals surface area (Å²) in [7, 11) is 0. The van der Waals surface area contributed by atoms with Crippen LogP contribution in [0.4, 0.5) is 10.1 Å². The van der Waals surface area contributed by atoms with Crippen LogP contribution in [0, 0.1) is 24.1 Å². The number of aromatic amines is 1. The van der Waals surface area contributed by atoms with Crippen molar-refractivity contribution in [2.75, 3.05) is 25.0 Å². The Morgan fingerprint density at radius 2 is 2.00 bits per heavy atom. The molecule has 272 valence electrons. The lowest BCUT2D eigenvalue weighted by molar-refractivity contribution is -0.0591. The van der Waals surface area contributed by atoms with Crippen LogP contribution in [0.25, 0.3) is 27.5 Å². The Morgan fingerprint density at radius 1 is 1.11 bits per heavy atom. The van der Waals surface area contributed by atoms with Crippen LogP contribution >= 0.6 is 0 Å². The summed E-state index contributed by atoms with van der Waals surface area (Å²) in [5.74, 6) is 1.20. The zero-order valence-corrected chi connectivity index (χ0v) is 29.9.